The van der Waals surface area contributed by atoms with Gasteiger partial charge in [-0.15, -0.1) is 0 Å². The molecule has 0 unspecified atom stereocenters. The van der Waals surface area contributed by atoms with E-state index in [1.165, 1.54) is 0 Å². The predicted octanol–water partition coefficient (Wildman–Crippen LogP) is 1.77. The number of carbonyl (C=O) groups is 1. The molecule has 1 aromatic rings. The smallest absolute Gasteiger partial charge is 0.339 e. The molecule has 0 saturated heterocycles. The Morgan fingerprint density at radius 3 is 3.33 bits per heavy atom. The van der Waals surface area contributed by atoms with Crippen LogP contribution in [0.1, 0.15) is 14.5 Å². The summed E-state index contributed by atoms with van der Waals surface area (Å²) in [6.07, 6.45) is 1.05. The van der Waals surface area contributed by atoms with E-state index in [-0.39, 0.29) is 10.0 Å². The zero-order chi connectivity index (χ0) is 11.6. The maximum atomic E-state index is 12.7. The van der Waals surface area contributed by atoms with Crippen molar-refractivity contribution in [2.75, 3.05) is 7.04 Å². The van der Waals surface area contributed by atoms with Gasteiger partial charge in [-0.2, -0.15) is 4.39 Å². The van der Waals surface area contributed by atoms with Gasteiger partial charge in [-0.3, -0.25) is 0 Å². The van der Waals surface area contributed by atoms with Crippen LogP contribution in [0.2, 0.25) is 0 Å². The zero-order valence-electron chi connectivity index (χ0n) is 8.67. The molecule has 5 heteroatoms. The van der Waals surface area contributed by atoms with Crippen molar-refractivity contribution < 1.29 is 18.0 Å². The molecule has 64 valence electrons. The Morgan fingerprint density at radius 2 is 2.67 bits per heavy atom. The van der Waals surface area contributed by atoms with E-state index in [2.05, 4.69) is 25.7 Å². The zero-order valence-corrected chi connectivity index (χ0v) is 7.26. The number of methoxy groups -OCH3 is 1. The summed E-state index contributed by atoms with van der Waals surface area (Å²) < 4.78 is 37.0. The molecule has 0 aliphatic heterocycles. The third-order valence-corrected chi connectivity index (χ3v) is 1.77. The lowest BCUT2D eigenvalue weighted by molar-refractivity contribution is 0.0599. The Bertz CT molecular complexity index is 396. The lowest BCUT2D eigenvalue weighted by Crippen LogP contribution is -2.03. The van der Waals surface area contributed by atoms with Crippen molar-refractivity contribution in [3.63, 3.8) is 0 Å². The summed E-state index contributed by atoms with van der Waals surface area (Å²) in [5.41, 5.74) is -0.223. The number of hydrogen-bond donors (Lipinski definition) is 0. The average molecular weight is 237 g/mol. The van der Waals surface area contributed by atoms with E-state index in [1.807, 2.05) is 0 Å². The molecule has 0 saturated carbocycles. The molecule has 12 heavy (non-hydrogen) atoms. The summed E-state index contributed by atoms with van der Waals surface area (Å²) in [5, 5.41) is 0. The Balaban J connectivity index is 2.96. The summed E-state index contributed by atoms with van der Waals surface area (Å²) in [5.74, 6) is -2.03. The van der Waals surface area contributed by atoms with Crippen LogP contribution in [0.15, 0.2) is 16.7 Å². The number of pyridine rings is 1. The first-order valence-corrected chi connectivity index (χ1v) is 3.63. The molecule has 1 aromatic heterocycles. The van der Waals surface area contributed by atoms with Gasteiger partial charge in [-0.1, -0.05) is 0 Å². The second-order valence-electron chi connectivity index (χ2n) is 1.88. The maximum Gasteiger partial charge on any atom is 0.339 e. The SMILES string of the molecule is [2H]C([2H])([2H])OC(=O)c1cc(F)ncc1Br. The number of carbonyl (C=O) groups excluding carboxylic acids is 1. The van der Waals surface area contributed by atoms with Crippen molar-refractivity contribution in [1.29, 1.82) is 0 Å². The van der Waals surface area contributed by atoms with Crippen molar-refractivity contribution in [2.24, 2.45) is 0 Å². The van der Waals surface area contributed by atoms with E-state index in [9.17, 15) is 9.18 Å². The number of ether oxygens (including phenoxy) is 1. The van der Waals surface area contributed by atoms with Crippen LogP contribution in [0, 0.1) is 5.95 Å². The van der Waals surface area contributed by atoms with Gasteiger partial charge in [-0.25, -0.2) is 9.78 Å². The second kappa shape index (κ2) is 3.62. The second-order valence-corrected chi connectivity index (χ2v) is 2.73. The van der Waals surface area contributed by atoms with Gasteiger partial charge in [0.15, 0.2) is 0 Å². The molecule has 0 radical (unpaired) electrons. The predicted molar refractivity (Wildman–Crippen MR) is 43.2 cm³/mol. The highest BCUT2D eigenvalue weighted by molar-refractivity contribution is 9.10. The summed E-state index contributed by atoms with van der Waals surface area (Å²) in [4.78, 5) is 14.5. The summed E-state index contributed by atoms with van der Waals surface area (Å²) in [6, 6.07) is 0.790. The Kier molecular flexibility index (Phi) is 1.70. The van der Waals surface area contributed by atoms with Crippen LogP contribution in [0.25, 0.3) is 0 Å². The first kappa shape index (κ1) is 5.64. The number of rotatable bonds is 1. The van der Waals surface area contributed by atoms with Gasteiger partial charge in [0.1, 0.15) is 0 Å². The number of esters is 1. The molecule has 0 aromatic carbocycles. The molecule has 0 N–H and O–H groups in total. The number of aromatic nitrogens is 1. The van der Waals surface area contributed by atoms with Gasteiger partial charge in [-0.05, 0) is 15.9 Å². The molecule has 1 heterocycles. The molecule has 0 aliphatic carbocycles. The highest BCUT2D eigenvalue weighted by Crippen LogP contribution is 2.16. The van der Waals surface area contributed by atoms with Crippen molar-refractivity contribution in [1.82, 2.24) is 4.98 Å². The highest BCUT2D eigenvalue weighted by Gasteiger charge is 2.11. The van der Waals surface area contributed by atoms with Crippen LogP contribution in [0.3, 0.4) is 0 Å². The molecule has 1 rings (SSSR count). The minimum Gasteiger partial charge on any atom is -0.465 e. The van der Waals surface area contributed by atoms with Crippen molar-refractivity contribution in [3.05, 3.63) is 28.2 Å². The number of nitrogens with zero attached hydrogens (tertiary/aromatic N) is 1. The van der Waals surface area contributed by atoms with Gasteiger partial charge in [0.05, 0.1) is 21.2 Å². The van der Waals surface area contributed by atoms with Gasteiger partial charge >= 0.3 is 5.97 Å². The van der Waals surface area contributed by atoms with Gasteiger partial charge in [0.2, 0.25) is 5.95 Å². The fourth-order valence-electron chi connectivity index (χ4n) is 0.625. The van der Waals surface area contributed by atoms with E-state index >= 15 is 0 Å². The highest BCUT2D eigenvalue weighted by atomic mass is 79.9. The van der Waals surface area contributed by atoms with Crippen LogP contribution < -0.4 is 0 Å². The fourth-order valence-corrected chi connectivity index (χ4v) is 1.00. The monoisotopic (exact) mass is 236 g/mol. The Hall–Kier alpha value is -0.970. The largest absolute Gasteiger partial charge is 0.465 e. The minimum absolute atomic E-state index is 0.165. The quantitative estimate of drug-likeness (QED) is 0.551. The van der Waals surface area contributed by atoms with Crippen molar-refractivity contribution in [3.8, 4) is 0 Å². The van der Waals surface area contributed by atoms with E-state index in [4.69, 9.17) is 4.11 Å². The average Bonchev–Trinajstić information content (AvgIpc) is 2.06. The summed E-state index contributed by atoms with van der Waals surface area (Å²) in [7, 11) is -2.85. The van der Waals surface area contributed by atoms with E-state index in [0.717, 1.165) is 12.3 Å². The molecule has 0 spiro atoms. The normalized spacial score (nSPS) is 14.3. The van der Waals surface area contributed by atoms with E-state index in [1.54, 1.807) is 0 Å². The first-order chi connectivity index (χ1) is 6.79. The lowest BCUT2D eigenvalue weighted by atomic mass is 10.3. The van der Waals surface area contributed by atoms with Gasteiger partial charge < -0.3 is 4.74 Å². The Morgan fingerprint density at radius 1 is 1.92 bits per heavy atom. The van der Waals surface area contributed by atoms with Crippen LogP contribution in [0.5, 0.6) is 0 Å². The molecule has 0 aliphatic rings. The molecule has 3 nitrogen and oxygen atoms in total. The van der Waals surface area contributed by atoms with Crippen LogP contribution in [-0.4, -0.2) is 18.0 Å². The lowest BCUT2D eigenvalue weighted by Gasteiger charge is -2.00. The molecular weight excluding hydrogens is 229 g/mol. The van der Waals surface area contributed by atoms with Crippen molar-refractivity contribution >= 4 is 21.9 Å². The maximum absolute atomic E-state index is 12.7. The van der Waals surface area contributed by atoms with Crippen LogP contribution in [0.4, 0.5) is 4.39 Å². The fraction of sp³-hybridized carbons (Fsp3) is 0.143. The molecule has 0 amide bonds. The number of hydrogen-bond acceptors (Lipinski definition) is 3. The molecular formula is C7H5BrFNO2. The van der Waals surface area contributed by atoms with Gasteiger partial charge in [0, 0.05) is 12.3 Å². The molecule has 0 atom stereocenters. The molecule has 0 bridgehead atoms. The van der Waals surface area contributed by atoms with Gasteiger partial charge in [0.25, 0.3) is 0 Å². The third kappa shape index (κ3) is 1.79. The first-order valence-electron chi connectivity index (χ1n) is 4.34. The standard InChI is InChI=1S/C7H5BrFNO2/c1-12-7(11)4-2-6(9)10-3-5(4)8/h2-3H,1H3/i1D3. The van der Waals surface area contributed by atoms with Crippen molar-refractivity contribution in [2.45, 2.75) is 0 Å². The minimum atomic E-state index is -2.85. The summed E-state index contributed by atoms with van der Waals surface area (Å²) in [6.45, 7) is 0. The van der Waals surface area contributed by atoms with E-state index in [0.29, 0.717) is 0 Å². The molecule has 0 fully saturated rings. The topological polar surface area (TPSA) is 39.2 Å². The number of halogens is 2. The van der Waals surface area contributed by atoms with E-state index < -0.39 is 19.0 Å². The third-order valence-electron chi connectivity index (χ3n) is 1.13. The van der Waals surface area contributed by atoms with Crippen LogP contribution in [-0.2, 0) is 4.74 Å². The summed E-state index contributed by atoms with van der Waals surface area (Å²) >= 11 is 2.92. The Labute approximate surface area is 80.9 Å². The van der Waals surface area contributed by atoms with Crippen LogP contribution >= 0.6 is 15.9 Å².